The van der Waals surface area contributed by atoms with Crippen LogP contribution in [-0.2, 0) is 12.8 Å². The average Bonchev–Trinajstić information content (AvgIpc) is 2.86. The van der Waals surface area contributed by atoms with Gasteiger partial charge in [-0.25, -0.2) is 9.78 Å². The second-order valence-corrected chi connectivity index (χ2v) is 8.94. The first-order valence-corrected chi connectivity index (χ1v) is 11.8. The van der Waals surface area contributed by atoms with Gasteiger partial charge in [0.2, 0.25) is 0 Å². The predicted octanol–water partition coefficient (Wildman–Crippen LogP) is 5.58. The van der Waals surface area contributed by atoms with Crippen molar-refractivity contribution >= 4 is 28.5 Å². The number of hydrogen-bond donors (Lipinski definition) is 0. The smallest absolute Gasteiger partial charge is 0.347 e. The number of para-hydroxylation sites is 1. The number of carbonyl (C=O) groups excluding carboxylic acids is 1. The highest BCUT2D eigenvalue weighted by molar-refractivity contribution is 8.00. The molecule has 2 heterocycles. The van der Waals surface area contributed by atoms with E-state index in [9.17, 15) is 14.9 Å². The maximum Gasteiger partial charge on any atom is 0.347 e. The molecule has 4 aromatic rings. The Morgan fingerprint density at radius 2 is 1.76 bits per heavy atom. The quantitative estimate of drug-likeness (QED) is 0.223. The van der Waals surface area contributed by atoms with Crippen LogP contribution in [-0.4, -0.2) is 16.5 Å². The molecule has 6 heteroatoms. The summed E-state index contributed by atoms with van der Waals surface area (Å²) in [6, 6.07) is 20.9. The van der Waals surface area contributed by atoms with E-state index in [1.165, 1.54) is 11.8 Å². The Morgan fingerprint density at radius 1 is 1.03 bits per heavy atom. The van der Waals surface area contributed by atoms with Gasteiger partial charge in [0.15, 0.2) is 5.78 Å². The monoisotopic (exact) mass is 452 g/mol. The van der Waals surface area contributed by atoms with Crippen molar-refractivity contribution in [2.75, 3.05) is 5.75 Å². The van der Waals surface area contributed by atoms with Crippen molar-refractivity contribution in [1.29, 1.82) is 5.26 Å². The summed E-state index contributed by atoms with van der Waals surface area (Å²) in [5, 5.41) is 11.2. The highest BCUT2D eigenvalue weighted by atomic mass is 32.2. The van der Waals surface area contributed by atoms with Gasteiger partial charge in [0.1, 0.15) is 22.2 Å². The number of nitriles is 1. The lowest BCUT2D eigenvalue weighted by Crippen LogP contribution is -2.16. The minimum Gasteiger partial charge on any atom is -0.422 e. The maximum atomic E-state index is 12.9. The second-order valence-electron chi connectivity index (χ2n) is 7.98. The van der Waals surface area contributed by atoms with Gasteiger partial charge in [-0.3, -0.25) is 4.79 Å². The molecule has 1 aliphatic rings. The molecule has 0 radical (unpaired) electrons. The van der Waals surface area contributed by atoms with Gasteiger partial charge in [-0.15, -0.1) is 0 Å². The number of Topliss-reactive ketones (excluding diaryl/α,β-unsaturated/α-hetero) is 1. The molecule has 33 heavy (non-hydrogen) atoms. The van der Waals surface area contributed by atoms with E-state index in [-0.39, 0.29) is 17.1 Å². The SMILES string of the molecule is N#Cc1c(SCC(=O)c2cc3ccccc3oc2=O)nc(-c2ccccc2)c2c1CCCC2. The van der Waals surface area contributed by atoms with Crippen molar-refractivity contribution in [3.63, 3.8) is 0 Å². The zero-order valence-corrected chi connectivity index (χ0v) is 18.7. The Morgan fingerprint density at radius 3 is 2.55 bits per heavy atom. The topological polar surface area (TPSA) is 84.0 Å². The van der Waals surface area contributed by atoms with Gasteiger partial charge >= 0.3 is 5.63 Å². The van der Waals surface area contributed by atoms with Crippen LogP contribution in [0.1, 0.15) is 39.9 Å². The first-order chi connectivity index (χ1) is 16.2. The molecule has 162 valence electrons. The van der Waals surface area contributed by atoms with Gasteiger partial charge < -0.3 is 4.42 Å². The van der Waals surface area contributed by atoms with Crippen molar-refractivity contribution in [3.8, 4) is 17.3 Å². The highest BCUT2D eigenvalue weighted by Gasteiger charge is 2.24. The molecule has 0 atom stereocenters. The van der Waals surface area contributed by atoms with Crippen molar-refractivity contribution in [3.05, 3.63) is 93.3 Å². The first kappa shape index (κ1) is 21.2. The molecule has 1 aliphatic carbocycles. The van der Waals surface area contributed by atoms with Crippen molar-refractivity contribution < 1.29 is 9.21 Å². The number of fused-ring (bicyclic) bond motifs is 2. The largest absolute Gasteiger partial charge is 0.422 e. The number of aromatic nitrogens is 1. The molecule has 0 N–H and O–H groups in total. The molecule has 0 spiro atoms. The number of rotatable bonds is 5. The molecule has 5 nitrogen and oxygen atoms in total. The standard InChI is InChI=1S/C27H20N2O3S/c28-15-22-19-11-5-6-12-20(19)25(17-8-2-1-3-9-17)29-26(22)33-16-23(30)21-14-18-10-4-7-13-24(18)32-27(21)31/h1-4,7-10,13-14H,5-6,11-12,16H2. The summed E-state index contributed by atoms with van der Waals surface area (Å²) in [5.74, 6) is -0.346. The summed E-state index contributed by atoms with van der Waals surface area (Å²) >= 11 is 1.21. The van der Waals surface area contributed by atoms with E-state index in [4.69, 9.17) is 9.40 Å². The van der Waals surface area contributed by atoms with Crippen LogP contribution < -0.4 is 5.63 Å². The van der Waals surface area contributed by atoms with Crippen LogP contribution in [0.25, 0.3) is 22.2 Å². The summed E-state index contributed by atoms with van der Waals surface area (Å²) in [7, 11) is 0. The molecule has 0 saturated heterocycles. The number of ketones is 1. The lowest BCUT2D eigenvalue weighted by Gasteiger charge is -2.22. The molecular weight excluding hydrogens is 432 g/mol. The number of benzene rings is 2. The number of hydrogen-bond acceptors (Lipinski definition) is 6. The third-order valence-electron chi connectivity index (χ3n) is 5.92. The summed E-state index contributed by atoms with van der Waals surface area (Å²) in [5.41, 5.74) is 4.42. The molecule has 0 unspecified atom stereocenters. The van der Waals surface area contributed by atoms with Crippen molar-refractivity contribution in [2.24, 2.45) is 0 Å². The minimum atomic E-state index is -0.650. The lowest BCUT2D eigenvalue weighted by molar-refractivity contribution is 0.101. The summed E-state index contributed by atoms with van der Waals surface area (Å²) < 4.78 is 5.31. The summed E-state index contributed by atoms with van der Waals surface area (Å²) in [6.45, 7) is 0. The second kappa shape index (κ2) is 9.05. The van der Waals surface area contributed by atoms with Crippen LogP contribution in [0.15, 0.2) is 74.9 Å². The molecule has 5 rings (SSSR count). The molecule has 2 aromatic carbocycles. The van der Waals surface area contributed by atoms with Gasteiger partial charge in [-0.05, 0) is 48.9 Å². The van der Waals surface area contributed by atoms with Crippen LogP contribution in [0.2, 0.25) is 0 Å². The number of pyridine rings is 1. The van der Waals surface area contributed by atoms with E-state index in [1.807, 2.05) is 36.4 Å². The normalized spacial score (nSPS) is 12.8. The Kier molecular flexibility index (Phi) is 5.80. The Balaban J connectivity index is 1.51. The van der Waals surface area contributed by atoms with Crippen molar-refractivity contribution in [2.45, 2.75) is 30.7 Å². The van der Waals surface area contributed by atoms with Gasteiger partial charge in [0.05, 0.1) is 17.0 Å². The van der Waals surface area contributed by atoms with E-state index in [0.29, 0.717) is 21.6 Å². The number of nitrogens with zero attached hydrogens (tertiary/aromatic N) is 2. The molecule has 0 aliphatic heterocycles. The molecule has 0 amide bonds. The van der Waals surface area contributed by atoms with Gasteiger partial charge in [0.25, 0.3) is 0 Å². The van der Waals surface area contributed by atoms with Crippen LogP contribution >= 0.6 is 11.8 Å². The van der Waals surface area contributed by atoms with Gasteiger partial charge in [-0.1, -0.05) is 60.3 Å². The fraction of sp³-hybridized carbons (Fsp3) is 0.185. The van der Waals surface area contributed by atoms with Crippen LogP contribution in [0.3, 0.4) is 0 Å². The van der Waals surface area contributed by atoms with Gasteiger partial charge in [-0.2, -0.15) is 5.26 Å². The van der Waals surface area contributed by atoms with Gasteiger partial charge in [0, 0.05) is 10.9 Å². The van der Waals surface area contributed by atoms with Crippen molar-refractivity contribution in [1.82, 2.24) is 4.98 Å². The third kappa shape index (κ3) is 4.08. The van der Waals surface area contributed by atoms with E-state index in [1.54, 1.807) is 24.3 Å². The van der Waals surface area contributed by atoms with E-state index < -0.39 is 5.63 Å². The Bertz CT molecular complexity index is 1470. The van der Waals surface area contributed by atoms with E-state index in [0.717, 1.165) is 48.1 Å². The number of carbonyl (C=O) groups is 1. The highest BCUT2D eigenvalue weighted by Crippen LogP contribution is 2.36. The zero-order valence-electron chi connectivity index (χ0n) is 17.8. The molecule has 0 bridgehead atoms. The summed E-state index contributed by atoms with van der Waals surface area (Å²) in [4.78, 5) is 30.2. The van der Waals surface area contributed by atoms with Crippen LogP contribution in [0.4, 0.5) is 0 Å². The molecule has 2 aromatic heterocycles. The first-order valence-electron chi connectivity index (χ1n) is 10.9. The molecule has 0 fully saturated rings. The summed E-state index contributed by atoms with van der Waals surface area (Å²) in [6.07, 6.45) is 3.82. The fourth-order valence-corrected chi connectivity index (χ4v) is 5.21. The predicted molar refractivity (Wildman–Crippen MR) is 129 cm³/mol. The zero-order chi connectivity index (χ0) is 22.8. The van der Waals surface area contributed by atoms with Crippen LogP contribution in [0.5, 0.6) is 0 Å². The molecular formula is C27H20N2O3S. The fourth-order valence-electron chi connectivity index (χ4n) is 4.32. The number of thioether (sulfide) groups is 1. The lowest BCUT2D eigenvalue weighted by atomic mass is 9.86. The third-order valence-corrected chi connectivity index (χ3v) is 6.90. The average molecular weight is 453 g/mol. The molecule has 0 saturated carbocycles. The van der Waals surface area contributed by atoms with Crippen LogP contribution in [0, 0.1) is 11.3 Å². The van der Waals surface area contributed by atoms with E-state index in [2.05, 4.69) is 6.07 Å². The Labute approximate surface area is 195 Å². The van der Waals surface area contributed by atoms with E-state index >= 15 is 0 Å². The maximum absolute atomic E-state index is 12.9. The minimum absolute atomic E-state index is 0.00219. The Hall–Kier alpha value is -3.69.